The largest absolute Gasteiger partial charge is 0.482 e. The molecule has 0 atom stereocenters. The first-order valence-electron chi connectivity index (χ1n) is 8.35. The van der Waals surface area contributed by atoms with Crippen LogP contribution in [-0.2, 0) is 4.79 Å². The van der Waals surface area contributed by atoms with Gasteiger partial charge in [0, 0.05) is 17.2 Å². The molecule has 0 saturated heterocycles. The number of nitrogens with zero attached hydrogens (tertiary/aromatic N) is 1. The summed E-state index contributed by atoms with van der Waals surface area (Å²) in [5.41, 5.74) is -0.268. The Labute approximate surface area is 180 Å². The molecule has 3 rings (SSSR count). The van der Waals surface area contributed by atoms with Crippen LogP contribution in [0.2, 0.25) is 10.0 Å². The van der Waals surface area contributed by atoms with Crippen LogP contribution in [0.3, 0.4) is 0 Å². The van der Waals surface area contributed by atoms with Crippen molar-refractivity contribution in [2.24, 2.45) is 0 Å². The Balaban J connectivity index is 1.82. The molecular weight excluding hydrogens is 437 g/mol. The molecule has 10 heteroatoms. The molecule has 8 nitrogen and oxygen atoms in total. The van der Waals surface area contributed by atoms with Crippen LogP contribution in [-0.4, -0.2) is 22.6 Å². The third-order valence-electron chi connectivity index (χ3n) is 3.66. The highest BCUT2D eigenvalue weighted by Gasteiger charge is 2.18. The maximum Gasteiger partial charge on any atom is 0.341 e. The summed E-state index contributed by atoms with van der Waals surface area (Å²) < 4.78 is 16.3. The lowest BCUT2D eigenvalue weighted by atomic mass is 10.2. The Morgan fingerprint density at radius 2 is 1.53 bits per heavy atom. The van der Waals surface area contributed by atoms with Crippen molar-refractivity contribution in [3.8, 4) is 28.7 Å². The average Bonchev–Trinajstić information content (AvgIpc) is 2.69. The van der Waals surface area contributed by atoms with E-state index < -0.39 is 17.5 Å². The van der Waals surface area contributed by atoms with Crippen molar-refractivity contribution in [3.05, 3.63) is 80.8 Å². The van der Waals surface area contributed by atoms with Gasteiger partial charge in [0.05, 0.1) is 9.95 Å². The first-order chi connectivity index (χ1) is 14.3. The van der Waals surface area contributed by atoms with Crippen molar-refractivity contribution in [1.29, 1.82) is 0 Å². The summed E-state index contributed by atoms with van der Waals surface area (Å²) >= 11 is 12.0. The van der Waals surface area contributed by atoms with E-state index in [1.807, 2.05) is 0 Å². The third-order valence-corrected chi connectivity index (χ3v) is 4.19. The molecule has 0 radical (unpaired) electrons. The predicted molar refractivity (Wildman–Crippen MR) is 109 cm³/mol. The van der Waals surface area contributed by atoms with Gasteiger partial charge in [-0.1, -0.05) is 23.2 Å². The fourth-order valence-electron chi connectivity index (χ4n) is 2.35. The Kier molecular flexibility index (Phi) is 6.61. The number of benzene rings is 3. The zero-order valence-electron chi connectivity index (χ0n) is 15.1. The molecule has 0 saturated carbocycles. The fraction of sp³-hybridized carbons (Fsp3) is 0.0500. The number of hydrogen-bond donors (Lipinski definition) is 1. The van der Waals surface area contributed by atoms with E-state index >= 15 is 0 Å². The zero-order valence-corrected chi connectivity index (χ0v) is 16.6. The Morgan fingerprint density at radius 1 is 0.900 bits per heavy atom. The number of aliphatic carboxylic acids is 1. The summed E-state index contributed by atoms with van der Waals surface area (Å²) in [6.45, 7) is -0.488. The molecule has 154 valence electrons. The molecule has 0 bridgehead atoms. The summed E-state index contributed by atoms with van der Waals surface area (Å²) in [5, 5.41) is 20.7. The van der Waals surface area contributed by atoms with Crippen molar-refractivity contribution < 1.29 is 29.0 Å². The molecule has 30 heavy (non-hydrogen) atoms. The van der Waals surface area contributed by atoms with E-state index in [4.69, 9.17) is 42.5 Å². The highest BCUT2D eigenvalue weighted by atomic mass is 35.5. The Bertz CT molecular complexity index is 1090. The van der Waals surface area contributed by atoms with Crippen molar-refractivity contribution in [1.82, 2.24) is 0 Å². The summed E-state index contributed by atoms with van der Waals surface area (Å²) in [5.74, 6) is 0.0172. The van der Waals surface area contributed by atoms with Crippen molar-refractivity contribution >= 4 is 34.9 Å². The number of nitro groups is 1. The van der Waals surface area contributed by atoms with Crippen LogP contribution in [0.4, 0.5) is 5.69 Å². The monoisotopic (exact) mass is 449 g/mol. The van der Waals surface area contributed by atoms with Crippen LogP contribution >= 0.6 is 23.2 Å². The SMILES string of the molecule is O=C(O)COc1ccc(Oc2cc(Oc3ccc(Cl)cc3Cl)ccc2[N+](=O)[O-])cc1. The summed E-state index contributed by atoms with van der Waals surface area (Å²) in [4.78, 5) is 21.3. The lowest BCUT2D eigenvalue weighted by molar-refractivity contribution is -0.385. The zero-order chi connectivity index (χ0) is 21.7. The van der Waals surface area contributed by atoms with E-state index in [0.29, 0.717) is 16.5 Å². The number of rotatable bonds is 8. The molecule has 3 aromatic carbocycles. The van der Waals surface area contributed by atoms with Gasteiger partial charge in [-0.3, -0.25) is 10.1 Å². The summed E-state index contributed by atoms with van der Waals surface area (Å²) in [7, 11) is 0. The quantitative estimate of drug-likeness (QED) is 0.334. The highest BCUT2D eigenvalue weighted by Crippen LogP contribution is 2.38. The topological polar surface area (TPSA) is 108 Å². The van der Waals surface area contributed by atoms with Crippen LogP contribution < -0.4 is 14.2 Å². The molecule has 0 spiro atoms. The lowest BCUT2D eigenvalue weighted by Crippen LogP contribution is -2.09. The number of ether oxygens (including phenoxy) is 3. The normalized spacial score (nSPS) is 10.3. The smallest absolute Gasteiger partial charge is 0.341 e. The highest BCUT2D eigenvalue weighted by molar-refractivity contribution is 6.35. The second-order valence-electron chi connectivity index (χ2n) is 5.82. The molecule has 0 aromatic heterocycles. The first-order valence-corrected chi connectivity index (χ1v) is 9.11. The first kappa shape index (κ1) is 21.2. The second-order valence-corrected chi connectivity index (χ2v) is 6.66. The molecule has 3 aromatic rings. The van der Waals surface area contributed by atoms with Gasteiger partial charge in [0.2, 0.25) is 5.75 Å². The van der Waals surface area contributed by atoms with Gasteiger partial charge in [0.1, 0.15) is 23.0 Å². The van der Waals surface area contributed by atoms with Crippen molar-refractivity contribution in [2.45, 2.75) is 0 Å². The maximum atomic E-state index is 11.3. The van der Waals surface area contributed by atoms with Crippen LogP contribution in [0.1, 0.15) is 0 Å². The number of halogens is 2. The summed E-state index contributed by atoms with van der Waals surface area (Å²) in [6, 6.07) is 14.7. The average molecular weight is 450 g/mol. The van der Waals surface area contributed by atoms with Crippen LogP contribution in [0.25, 0.3) is 0 Å². The Hall–Kier alpha value is -3.49. The fourth-order valence-corrected chi connectivity index (χ4v) is 2.80. The number of carbonyl (C=O) groups is 1. The minimum atomic E-state index is -1.11. The minimum absolute atomic E-state index is 0.0539. The molecule has 1 N–H and O–H groups in total. The van der Waals surface area contributed by atoms with E-state index in [1.54, 1.807) is 12.1 Å². The van der Waals surface area contributed by atoms with Crippen LogP contribution in [0.15, 0.2) is 60.7 Å². The van der Waals surface area contributed by atoms with Gasteiger partial charge >= 0.3 is 11.7 Å². The Morgan fingerprint density at radius 3 is 2.17 bits per heavy atom. The van der Waals surface area contributed by atoms with E-state index in [2.05, 4.69) is 0 Å². The van der Waals surface area contributed by atoms with Crippen molar-refractivity contribution in [3.63, 3.8) is 0 Å². The van der Waals surface area contributed by atoms with Gasteiger partial charge in [0.25, 0.3) is 0 Å². The number of carboxylic acids is 1. The van der Waals surface area contributed by atoms with Gasteiger partial charge in [0.15, 0.2) is 6.61 Å². The van der Waals surface area contributed by atoms with Gasteiger partial charge in [-0.25, -0.2) is 4.79 Å². The van der Waals surface area contributed by atoms with Gasteiger partial charge in [-0.15, -0.1) is 0 Å². The van der Waals surface area contributed by atoms with Crippen molar-refractivity contribution in [2.75, 3.05) is 6.61 Å². The number of nitro benzene ring substituents is 1. The van der Waals surface area contributed by atoms with E-state index in [9.17, 15) is 14.9 Å². The van der Waals surface area contributed by atoms with Crippen LogP contribution in [0.5, 0.6) is 28.7 Å². The molecular formula is C20H13Cl2NO7. The van der Waals surface area contributed by atoms with Gasteiger partial charge in [-0.2, -0.15) is 0 Å². The molecule has 0 heterocycles. The van der Waals surface area contributed by atoms with E-state index in [-0.39, 0.29) is 28.0 Å². The predicted octanol–water partition coefficient (Wildman–Crippen LogP) is 5.95. The molecule has 0 unspecified atom stereocenters. The lowest BCUT2D eigenvalue weighted by Gasteiger charge is -2.11. The molecule has 0 aliphatic heterocycles. The number of hydrogen-bond acceptors (Lipinski definition) is 6. The third kappa shape index (κ3) is 5.53. The molecule has 0 aliphatic rings. The maximum absolute atomic E-state index is 11.3. The second kappa shape index (κ2) is 9.34. The van der Waals surface area contributed by atoms with Gasteiger partial charge in [-0.05, 0) is 48.5 Å². The minimum Gasteiger partial charge on any atom is -0.482 e. The van der Waals surface area contributed by atoms with E-state index in [0.717, 1.165) is 0 Å². The summed E-state index contributed by atoms with van der Waals surface area (Å²) in [6.07, 6.45) is 0. The van der Waals surface area contributed by atoms with Crippen LogP contribution in [0, 0.1) is 10.1 Å². The standard InChI is InChI=1S/C20H13Cl2NO7/c21-12-1-8-18(16(22)9-12)30-15-6-7-17(23(26)27)19(10-15)29-14-4-2-13(3-5-14)28-11-20(24)25/h1-10H,11H2,(H,24,25). The van der Waals surface area contributed by atoms with Gasteiger partial charge < -0.3 is 19.3 Å². The molecule has 0 fully saturated rings. The molecule has 0 amide bonds. The number of carboxylic acid groups (broad SMARTS) is 1. The van der Waals surface area contributed by atoms with E-state index in [1.165, 1.54) is 48.5 Å². The molecule has 0 aliphatic carbocycles.